The number of rotatable bonds is 9. The van der Waals surface area contributed by atoms with Gasteiger partial charge in [0.25, 0.3) is 0 Å². The van der Waals surface area contributed by atoms with Gasteiger partial charge < -0.3 is 5.32 Å². The lowest BCUT2D eigenvalue weighted by atomic mass is 9.83. The van der Waals surface area contributed by atoms with Crippen LogP contribution in [0.2, 0.25) is 0 Å². The number of nitrogens with one attached hydrogen (secondary N) is 1. The molecule has 0 heterocycles. The number of hydrogen-bond donors (Lipinski definition) is 1. The maximum atomic E-state index is 11.3. The number of sulfone groups is 1. The van der Waals surface area contributed by atoms with Crippen LogP contribution >= 0.6 is 0 Å². The molecule has 1 N–H and O–H groups in total. The van der Waals surface area contributed by atoms with Gasteiger partial charge in [0.15, 0.2) is 0 Å². The minimum atomic E-state index is -2.84. The first-order valence-corrected chi connectivity index (χ1v) is 10.1. The second-order valence-electron chi connectivity index (χ2n) is 6.10. The fourth-order valence-corrected chi connectivity index (χ4v) is 4.65. The smallest absolute Gasteiger partial charge is 0.147 e. The predicted octanol–water partition coefficient (Wildman–Crippen LogP) is 2.05. The lowest BCUT2D eigenvalue weighted by Gasteiger charge is -2.46. The van der Waals surface area contributed by atoms with E-state index < -0.39 is 9.84 Å². The van der Waals surface area contributed by atoms with E-state index in [1.807, 2.05) is 7.05 Å². The summed E-state index contributed by atoms with van der Waals surface area (Å²) in [7, 11) is -0.822. The van der Waals surface area contributed by atoms with E-state index in [1.54, 1.807) is 0 Å². The zero-order valence-corrected chi connectivity index (χ0v) is 14.4. The molecule has 0 bridgehead atoms. The summed E-state index contributed by atoms with van der Waals surface area (Å²) in [5.74, 6) is 0.305. The third-order valence-electron chi connectivity index (χ3n) is 4.87. The van der Waals surface area contributed by atoms with Gasteiger partial charge in [0, 0.05) is 23.6 Å². The van der Waals surface area contributed by atoms with Gasteiger partial charge >= 0.3 is 0 Å². The molecule has 0 aromatic rings. The zero-order chi connectivity index (χ0) is 15.2. The van der Waals surface area contributed by atoms with Crippen molar-refractivity contribution in [2.45, 2.75) is 64.0 Å². The maximum absolute atomic E-state index is 11.3. The minimum absolute atomic E-state index is 0.232. The molecule has 0 aromatic heterocycles. The van der Waals surface area contributed by atoms with Gasteiger partial charge in [-0.1, -0.05) is 26.7 Å². The molecule has 1 saturated carbocycles. The molecular weight excluding hydrogens is 272 g/mol. The van der Waals surface area contributed by atoms with E-state index in [0.717, 1.165) is 25.9 Å². The van der Waals surface area contributed by atoms with Crippen LogP contribution in [0.4, 0.5) is 0 Å². The average Bonchev–Trinajstić information content (AvgIpc) is 2.85. The Morgan fingerprint density at radius 3 is 2.15 bits per heavy atom. The highest BCUT2D eigenvalue weighted by Crippen LogP contribution is 2.39. The topological polar surface area (TPSA) is 49.4 Å². The molecule has 4 nitrogen and oxygen atoms in total. The molecule has 0 aliphatic heterocycles. The normalized spacial score (nSPS) is 20.4. The summed E-state index contributed by atoms with van der Waals surface area (Å²) in [6, 6.07) is 0.395. The van der Waals surface area contributed by atoms with E-state index in [-0.39, 0.29) is 5.54 Å². The lowest BCUT2D eigenvalue weighted by molar-refractivity contribution is 0.0623. The van der Waals surface area contributed by atoms with Gasteiger partial charge in [-0.3, -0.25) is 4.90 Å². The van der Waals surface area contributed by atoms with Gasteiger partial charge in [0.05, 0.1) is 0 Å². The van der Waals surface area contributed by atoms with Crippen molar-refractivity contribution in [3.63, 3.8) is 0 Å². The van der Waals surface area contributed by atoms with Crippen molar-refractivity contribution in [2.24, 2.45) is 0 Å². The van der Waals surface area contributed by atoms with Gasteiger partial charge in [0.1, 0.15) is 9.84 Å². The maximum Gasteiger partial charge on any atom is 0.147 e. The van der Waals surface area contributed by atoms with Crippen LogP contribution in [0.3, 0.4) is 0 Å². The Balaban J connectivity index is 2.76. The average molecular weight is 305 g/mol. The Bertz CT molecular complexity index is 371. The molecular formula is C15H32N2O2S. The van der Waals surface area contributed by atoms with Crippen LogP contribution in [0, 0.1) is 0 Å². The molecule has 0 amide bonds. The van der Waals surface area contributed by atoms with Gasteiger partial charge in [-0.05, 0) is 45.8 Å². The fourth-order valence-electron chi connectivity index (χ4n) is 3.96. The van der Waals surface area contributed by atoms with Gasteiger partial charge in [-0.2, -0.15) is 0 Å². The van der Waals surface area contributed by atoms with Crippen molar-refractivity contribution in [3.05, 3.63) is 0 Å². The van der Waals surface area contributed by atoms with Crippen LogP contribution < -0.4 is 5.32 Å². The van der Waals surface area contributed by atoms with Crippen molar-refractivity contribution in [2.75, 3.05) is 32.1 Å². The summed E-state index contributed by atoms with van der Waals surface area (Å²) in [5, 5.41) is 3.48. The number of hydrogen-bond acceptors (Lipinski definition) is 4. The van der Waals surface area contributed by atoms with E-state index in [9.17, 15) is 8.42 Å². The molecule has 0 saturated heterocycles. The summed E-state index contributed by atoms with van der Waals surface area (Å²) in [6.07, 6.45) is 8.09. The predicted molar refractivity (Wildman–Crippen MR) is 85.9 cm³/mol. The largest absolute Gasteiger partial charge is 0.315 e. The number of nitrogens with zero attached hydrogens (tertiary/aromatic N) is 1. The second kappa shape index (κ2) is 7.76. The molecule has 0 aromatic carbocycles. The highest BCUT2D eigenvalue weighted by Gasteiger charge is 2.43. The minimum Gasteiger partial charge on any atom is -0.315 e. The molecule has 1 fully saturated rings. The summed E-state index contributed by atoms with van der Waals surface area (Å²) in [4.78, 5) is 2.58. The van der Waals surface area contributed by atoms with Crippen LogP contribution in [0.5, 0.6) is 0 Å². The third kappa shape index (κ3) is 4.43. The highest BCUT2D eigenvalue weighted by molar-refractivity contribution is 7.90. The number of likely N-dealkylation sites (N-methyl/N-ethyl adjacent to an activating group) is 2. The first-order valence-electron chi connectivity index (χ1n) is 7.99. The summed E-state index contributed by atoms with van der Waals surface area (Å²) < 4.78 is 22.6. The molecule has 20 heavy (non-hydrogen) atoms. The first-order chi connectivity index (χ1) is 9.39. The van der Waals surface area contributed by atoms with Crippen molar-refractivity contribution >= 4 is 9.84 Å². The lowest BCUT2D eigenvalue weighted by Crippen LogP contribution is -2.59. The Kier molecular flexibility index (Phi) is 6.95. The highest BCUT2D eigenvalue weighted by atomic mass is 32.2. The van der Waals surface area contributed by atoms with Crippen molar-refractivity contribution in [1.29, 1.82) is 0 Å². The summed E-state index contributed by atoms with van der Waals surface area (Å²) in [6.45, 7) is 6.60. The molecule has 5 heteroatoms. The van der Waals surface area contributed by atoms with E-state index in [2.05, 4.69) is 24.1 Å². The first kappa shape index (κ1) is 17.9. The monoisotopic (exact) mass is 304 g/mol. The molecule has 1 unspecified atom stereocenters. The Morgan fingerprint density at radius 2 is 1.75 bits per heavy atom. The van der Waals surface area contributed by atoms with E-state index in [4.69, 9.17) is 0 Å². The van der Waals surface area contributed by atoms with Crippen molar-refractivity contribution in [1.82, 2.24) is 10.2 Å². The van der Waals surface area contributed by atoms with E-state index in [0.29, 0.717) is 11.8 Å². The Morgan fingerprint density at radius 1 is 1.20 bits per heavy atom. The molecule has 0 radical (unpaired) electrons. The quantitative estimate of drug-likeness (QED) is 0.708. The zero-order valence-electron chi connectivity index (χ0n) is 13.6. The van der Waals surface area contributed by atoms with Crippen LogP contribution in [0.25, 0.3) is 0 Å². The molecule has 120 valence electrons. The molecule has 0 spiro atoms. The standard InChI is InChI=1S/C15H32N2O2S/c1-5-17(6-2)15(11-7-8-12-15)14(16-3)10-9-13-20(4,18)19/h14,16H,5-13H2,1-4H3. The molecule has 1 atom stereocenters. The Labute approximate surface area is 125 Å². The fraction of sp³-hybridized carbons (Fsp3) is 1.00. The third-order valence-corrected chi connectivity index (χ3v) is 5.90. The second-order valence-corrected chi connectivity index (χ2v) is 8.36. The summed E-state index contributed by atoms with van der Waals surface area (Å²) >= 11 is 0. The summed E-state index contributed by atoms with van der Waals surface area (Å²) in [5.41, 5.74) is 0.232. The molecule has 1 aliphatic carbocycles. The van der Waals surface area contributed by atoms with Crippen LogP contribution in [-0.4, -0.2) is 57.0 Å². The van der Waals surface area contributed by atoms with Crippen LogP contribution in [-0.2, 0) is 9.84 Å². The Hall–Kier alpha value is -0.130. The van der Waals surface area contributed by atoms with Gasteiger partial charge in [0.2, 0.25) is 0 Å². The molecule has 1 aliphatic rings. The van der Waals surface area contributed by atoms with Crippen LogP contribution in [0.1, 0.15) is 52.4 Å². The van der Waals surface area contributed by atoms with Crippen molar-refractivity contribution < 1.29 is 8.42 Å². The SMILES string of the molecule is CCN(CC)C1(C(CCCS(C)(=O)=O)NC)CCCC1. The van der Waals surface area contributed by atoms with E-state index >= 15 is 0 Å². The molecule has 1 rings (SSSR count). The van der Waals surface area contributed by atoms with Gasteiger partial charge in [-0.15, -0.1) is 0 Å². The van der Waals surface area contributed by atoms with Crippen molar-refractivity contribution in [3.8, 4) is 0 Å². The van der Waals surface area contributed by atoms with E-state index in [1.165, 1.54) is 31.9 Å². The van der Waals surface area contributed by atoms with Crippen LogP contribution in [0.15, 0.2) is 0 Å². The van der Waals surface area contributed by atoms with Gasteiger partial charge in [-0.25, -0.2) is 8.42 Å².